The van der Waals surface area contributed by atoms with E-state index in [2.05, 4.69) is 15.7 Å². The number of ether oxygens (including phenoxy) is 1. The van der Waals surface area contributed by atoms with Crippen molar-refractivity contribution in [2.24, 2.45) is 7.05 Å². The van der Waals surface area contributed by atoms with E-state index in [0.29, 0.717) is 12.3 Å². The number of hydrogen-bond donors (Lipinski definition) is 2. The third-order valence-electron chi connectivity index (χ3n) is 4.25. The van der Waals surface area contributed by atoms with Gasteiger partial charge in [-0.15, -0.1) is 0 Å². The number of amides is 1. The summed E-state index contributed by atoms with van der Waals surface area (Å²) in [5, 5.41) is 11.0. The van der Waals surface area contributed by atoms with Gasteiger partial charge in [0.2, 0.25) is 5.91 Å². The van der Waals surface area contributed by atoms with Gasteiger partial charge in [0.1, 0.15) is 12.6 Å². The van der Waals surface area contributed by atoms with E-state index in [-0.39, 0.29) is 18.4 Å². The smallest absolute Gasteiger partial charge is 0.325 e. The maximum absolute atomic E-state index is 12.6. The number of esters is 1. The molecule has 8 heteroatoms. The minimum Gasteiger partial charge on any atom is -0.465 e. The Morgan fingerprint density at radius 1 is 1.30 bits per heavy atom. The Bertz CT molecular complexity index is 959. The second kappa shape index (κ2) is 8.05. The predicted octanol–water partition coefficient (Wildman–Crippen LogP) is 1.84. The number of likely N-dealkylation sites (N-methyl/N-ethyl adjacent to an activating group) is 1. The number of nitrogens with one attached hydrogen (secondary N) is 2. The second-order valence-corrected chi connectivity index (χ2v) is 6.18. The minimum absolute atomic E-state index is 0.159. The van der Waals surface area contributed by atoms with Crippen molar-refractivity contribution in [3.63, 3.8) is 0 Å². The second-order valence-electron chi connectivity index (χ2n) is 6.18. The van der Waals surface area contributed by atoms with E-state index in [4.69, 9.17) is 4.74 Å². The molecule has 0 radical (unpaired) electrons. The Labute approximate surface area is 157 Å². The van der Waals surface area contributed by atoms with Crippen LogP contribution in [-0.2, 0) is 27.9 Å². The summed E-state index contributed by atoms with van der Waals surface area (Å²) < 4.78 is 8.47. The maximum atomic E-state index is 12.6. The van der Waals surface area contributed by atoms with Gasteiger partial charge in [0, 0.05) is 41.6 Å². The highest BCUT2D eigenvalue weighted by atomic mass is 16.5. The van der Waals surface area contributed by atoms with Crippen molar-refractivity contribution in [3.8, 4) is 0 Å². The van der Waals surface area contributed by atoms with Crippen LogP contribution in [0.5, 0.6) is 0 Å². The molecule has 0 aliphatic rings. The number of carbonyl (C=O) groups excluding carboxylic acids is 2. The van der Waals surface area contributed by atoms with Crippen LogP contribution in [0.25, 0.3) is 10.9 Å². The number of fused-ring (bicyclic) bond motifs is 1. The summed E-state index contributed by atoms with van der Waals surface area (Å²) >= 11 is 0. The van der Waals surface area contributed by atoms with Crippen molar-refractivity contribution in [1.82, 2.24) is 19.7 Å². The summed E-state index contributed by atoms with van der Waals surface area (Å²) in [6, 6.07) is 6.98. The fourth-order valence-corrected chi connectivity index (χ4v) is 3.01. The van der Waals surface area contributed by atoms with Crippen LogP contribution in [-0.4, -0.2) is 39.9 Å². The highest BCUT2D eigenvalue weighted by molar-refractivity contribution is 5.97. The summed E-state index contributed by atoms with van der Waals surface area (Å²) in [6.45, 7) is 2.30. The van der Waals surface area contributed by atoms with Crippen LogP contribution >= 0.6 is 0 Å². The number of rotatable bonds is 7. The first kappa shape index (κ1) is 18.7. The van der Waals surface area contributed by atoms with Gasteiger partial charge in [0.05, 0.1) is 12.8 Å². The monoisotopic (exact) mass is 369 g/mol. The number of nitrogens with zero attached hydrogens (tertiary/aromatic N) is 3. The Balaban J connectivity index is 1.75. The van der Waals surface area contributed by atoms with E-state index in [1.54, 1.807) is 31.0 Å². The molecule has 8 nitrogen and oxygen atoms in total. The highest BCUT2D eigenvalue weighted by Crippen LogP contribution is 2.22. The lowest BCUT2D eigenvalue weighted by molar-refractivity contribution is -0.143. The molecule has 0 fully saturated rings. The van der Waals surface area contributed by atoms with E-state index in [1.165, 1.54) is 0 Å². The molecule has 27 heavy (non-hydrogen) atoms. The van der Waals surface area contributed by atoms with Gasteiger partial charge in [-0.3, -0.25) is 14.3 Å². The number of hydrogen-bond acceptors (Lipinski definition) is 5. The topological polar surface area (TPSA) is 90.2 Å². The molecular weight excluding hydrogens is 346 g/mol. The fourth-order valence-electron chi connectivity index (χ4n) is 3.01. The molecule has 2 N–H and O–H groups in total. The van der Waals surface area contributed by atoms with Crippen molar-refractivity contribution in [2.45, 2.75) is 19.5 Å². The van der Waals surface area contributed by atoms with E-state index >= 15 is 0 Å². The Kier molecular flexibility index (Phi) is 5.56. The van der Waals surface area contributed by atoms with Crippen LogP contribution in [0.2, 0.25) is 0 Å². The summed E-state index contributed by atoms with van der Waals surface area (Å²) in [4.78, 5) is 24.3. The average molecular weight is 369 g/mol. The van der Waals surface area contributed by atoms with Crippen LogP contribution in [0, 0.1) is 0 Å². The molecule has 1 atom stereocenters. The molecule has 3 aromatic rings. The Hall–Kier alpha value is -3.13. The summed E-state index contributed by atoms with van der Waals surface area (Å²) in [5.74, 6) is -0.448. The van der Waals surface area contributed by atoms with E-state index < -0.39 is 6.04 Å². The van der Waals surface area contributed by atoms with Gasteiger partial charge >= 0.3 is 5.97 Å². The first-order valence-electron chi connectivity index (χ1n) is 8.73. The van der Waals surface area contributed by atoms with Gasteiger partial charge in [-0.25, -0.2) is 0 Å². The third-order valence-corrected chi connectivity index (χ3v) is 4.25. The number of aryl methyl sites for hydroxylation is 1. The lowest BCUT2D eigenvalue weighted by Crippen LogP contribution is -2.30. The molecule has 0 saturated heterocycles. The van der Waals surface area contributed by atoms with E-state index in [9.17, 15) is 9.59 Å². The van der Waals surface area contributed by atoms with Crippen molar-refractivity contribution in [1.29, 1.82) is 0 Å². The number of anilines is 1. The highest BCUT2D eigenvalue weighted by Gasteiger charge is 2.20. The van der Waals surface area contributed by atoms with Crippen LogP contribution in [0.4, 0.5) is 5.69 Å². The molecule has 142 valence electrons. The number of benzene rings is 1. The zero-order valence-electron chi connectivity index (χ0n) is 15.6. The van der Waals surface area contributed by atoms with Crippen molar-refractivity contribution < 1.29 is 14.3 Å². The zero-order chi connectivity index (χ0) is 19.4. The predicted molar refractivity (Wildman–Crippen MR) is 102 cm³/mol. The zero-order valence-corrected chi connectivity index (χ0v) is 15.6. The van der Waals surface area contributed by atoms with Gasteiger partial charge in [0.25, 0.3) is 0 Å². The van der Waals surface area contributed by atoms with Gasteiger partial charge < -0.3 is 19.9 Å². The van der Waals surface area contributed by atoms with Crippen molar-refractivity contribution in [2.75, 3.05) is 19.0 Å². The largest absolute Gasteiger partial charge is 0.465 e. The van der Waals surface area contributed by atoms with E-state index in [1.807, 2.05) is 42.1 Å². The van der Waals surface area contributed by atoms with Gasteiger partial charge in [-0.2, -0.15) is 5.10 Å². The first-order chi connectivity index (χ1) is 13.0. The lowest BCUT2D eigenvalue weighted by Gasteiger charge is -2.14. The van der Waals surface area contributed by atoms with Crippen LogP contribution in [0.3, 0.4) is 0 Å². The molecule has 0 bridgehead atoms. The molecule has 0 saturated carbocycles. The molecule has 1 aromatic carbocycles. The molecule has 3 rings (SSSR count). The quantitative estimate of drug-likeness (QED) is 0.620. The Morgan fingerprint density at radius 2 is 2.11 bits per heavy atom. The fraction of sp³-hybridized carbons (Fsp3) is 0.316. The van der Waals surface area contributed by atoms with Crippen LogP contribution < -0.4 is 10.6 Å². The van der Waals surface area contributed by atoms with Crippen LogP contribution in [0.15, 0.2) is 42.9 Å². The molecule has 1 amide bonds. The Morgan fingerprint density at radius 3 is 2.78 bits per heavy atom. The molecule has 0 aliphatic carbocycles. The number of carbonyl (C=O) groups is 2. The standard InChI is InChI=1S/C19H23N5O3/c1-4-27-17(25)12-24-8-7-13-9-15(5-6-16(13)24)22-19(26)18(20-2)14-10-21-23(3)11-14/h5-11,18,20H,4,12H2,1-3H3,(H,22,26). The van der Waals surface area contributed by atoms with Crippen molar-refractivity contribution in [3.05, 3.63) is 48.4 Å². The average Bonchev–Trinajstić information content (AvgIpc) is 3.22. The van der Waals surface area contributed by atoms with Gasteiger partial charge in [-0.1, -0.05) is 0 Å². The molecule has 1 unspecified atom stereocenters. The van der Waals surface area contributed by atoms with Gasteiger partial charge in [-0.05, 0) is 38.2 Å². The summed E-state index contributed by atoms with van der Waals surface area (Å²) in [7, 11) is 3.54. The molecule has 2 aromatic heterocycles. The summed E-state index contributed by atoms with van der Waals surface area (Å²) in [6.07, 6.45) is 5.30. The van der Waals surface area contributed by atoms with Crippen LogP contribution in [0.1, 0.15) is 18.5 Å². The summed E-state index contributed by atoms with van der Waals surface area (Å²) in [5.41, 5.74) is 2.38. The van der Waals surface area contributed by atoms with Crippen molar-refractivity contribution >= 4 is 28.5 Å². The minimum atomic E-state index is -0.497. The number of aromatic nitrogens is 3. The first-order valence-corrected chi connectivity index (χ1v) is 8.73. The van der Waals surface area contributed by atoms with E-state index in [0.717, 1.165) is 16.5 Å². The normalized spacial score (nSPS) is 12.1. The lowest BCUT2D eigenvalue weighted by atomic mass is 10.1. The maximum Gasteiger partial charge on any atom is 0.325 e. The SMILES string of the molecule is CCOC(=O)Cn1ccc2cc(NC(=O)C(NC)c3cnn(C)c3)ccc21. The molecule has 0 spiro atoms. The third kappa shape index (κ3) is 4.17. The molecule has 0 aliphatic heterocycles. The molecular formula is C19H23N5O3. The van der Waals surface area contributed by atoms with Gasteiger partial charge in [0.15, 0.2) is 0 Å². The molecule has 2 heterocycles.